The molecule has 76 heavy (non-hydrogen) atoms. The molecule has 0 saturated heterocycles. The standard InChI is InChI=1S/C50H44Cl4N10O10S2/c1-27(45(65)55-3)22-62-24-58-39-13-10-30(16-35(39)49(62)67)32-18-41(48(74-5)57-21-32)64(76(71,72)42-14-11-33(51)19-37(42)53)26-60-46(66)28(2)23-63-25-59-38-12-9-29(15-34(38)50(63)68)31-17-40(47(73-4)56-20-31)61-75(69,70)43-8-6-7-36(52)44(43)54/h6-21,24-25,27-28,61H,22-23,26H2,1-5H3,(H,55,65)(H,60,66)/t27-,28-/m0/s1. The Bertz CT molecular complexity index is 3980. The van der Waals surface area contributed by atoms with Gasteiger partial charge in [0.1, 0.15) is 27.8 Å². The van der Waals surface area contributed by atoms with Crippen LogP contribution < -0.4 is 40.3 Å². The van der Waals surface area contributed by atoms with E-state index in [4.69, 9.17) is 55.9 Å². The van der Waals surface area contributed by atoms with Gasteiger partial charge < -0.3 is 20.1 Å². The van der Waals surface area contributed by atoms with Crippen LogP contribution in [0.15, 0.2) is 129 Å². The van der Waals surface area contributed by atoms with Crippen molar-refractivity contribution < 1.29 is 35.9 Å². The number of carbonyl (C=O) groups is 2. The van der Waals surface area contributed by atoms with E-state index in [0.29, 0.717) is 33.3 Å². The second-order valence-electron chi connectivity index (χ2n) is 17.1. The number of nitrogens with one attached hydrogen (secondary N) is 3. The molecule has 0 aliphatic rings. The number of benzene rings is 4. The number of amides is 2. The first-order valence-electron chi connectivity index (χ1n) is 22.7. The van der Waals surface area contributed by atoms with Gasteiger partial charge in [-0.1, -0.05) is 78.5 Å². The van der Waals surface area contributed by atoms with E-state index >= 15 is 0 Å². The third kappa shape index (κ3) is 11.3. The van der Waals surface area contributed by atoms with Crippen LogP contribution in [0.25, 0.3) is 44.1 Å². The number of rotatable bonds is 18. The highest BCUT2D eigenvalue weighted by Crippen LogP contribution is 2.38. The third-order valence-electron chi connectivity index (χ3n) is 12.0. The Hall–Kier alpha value is -7.34. The molecule has 0 bridgehead atoms. The summed E-state index contributed by atoms with van der Waals surface area (Å²) in [7, 11) is -4.87. The van der Waals surface area contributed by atoms with E-state index in [1.165, 1.54) is 111 Å². The largest absolute Gasteiger partial charge is 0.480 e. The van der Waals surface area contributed by atoms with Gasteiger partial charge in [-0.3, -0.25) is 33.0 Å². The van der Waals surface area contributed by atoms with Gasteiger partial charge in [0, 0.05) is 48.7 Å². The molecule has 0 unspecified atom stereocenters. The van der Waals surface area contributed by atoms with Crippen LogP contribution in [-0.2, 0) is 42.7 Å². The van der Waals surface area contributed by atoms with E-state index in [2.05, 4.69) is 35.3 Å². The number of hydrogen-bond acceptors (Lipinski definition) is 14. The number of halogens is 4. The summed E-state index contributed by atoms with van der Waals surface area (Å²) in [6.07, 6.45) is 5.49. The summed E-state index contributed by atoms with van der Waals surface area (Å²) in [6, 6.07) is 20.6. The lowest BCUT2D eigenvalue weighted by atomic mass is 10.0. The molecule has 0 aliphatic heterocycles. The maximum absolute atomic E-state index is 14.7. The minimum absolute atomic E-state index is 0.0323. The topological polar surface area (TPSA) is 256 Å². The van der Waals surface area contributed by atoms with Gasteiger partial charge in [-0.2, -0.15) is 0 Å². The van der Waals surface area contributed by atoms with Crippen molar-refractivity contribution in [1.29, 1.82) is 0 Å². The number of fused-ring (bicyclic) bond motifs is 2. The lowest BCUT2D eigenvalue weighted by Gasteiger charge is -2.27. The lowest BCUT2D eigenvalue weighted by Crippen LogP contribution is -2.44. The third-order valence-corrected chi connectivity index (χ3v) is 16.9. The molecule has 0 radical (unpaired) electrons. The smallest absolute Gasteiger partial charge is 0.267 e. The average molecular weight is 1150 g/mol. The second kappa shape index (κ2) is 22.5. The molecule has 3 N–H and O–H groups in total. The van der Waals surface area contributed by atoms with Gasteiger partial charge >= 0.3 is 0 Å². The number of ether oxygens (including phenoxy) is 2. The zero-order valence-electron chi connectivity index (χ0n) is 40.7. The van der Waals surface area contributed by atoms with Gasteiger partial charge in [-0.25, -0.2) is 41.1 Å². The van der Waals surface area contributed by atoms with Crippen molar-refractivity contribution in [3.8, 4) is 34.0 Å². The fourth-order valence-electron chi connectivity index (χ4n) is 8.04. The molecular weight excluding hydrogens is 1110 g/mol. The number of pyridine rings is 2. The first-order chi connectivity index (χ1) is 36.1. The zero-order valence-corrected chi connectivity index (χ0v) is 45.4. The highest BCUT2D eigenvalue weighted by atomic mass is 35.5. The molecule has 8 rings (SSSR count). The zero-order chi connectivity index (χ0) is 54.8. The minimum atomic E-state index is -4.68. The van der Waals surface area contributed by atoms with Crippen molar-refractivity contribution in [2.75, 3.05) is 37.0 Å². The first kappa shape index (κ1) is 54.9. The summed E-state index contributed by atoms with van der Waals surface area (Å²) in [5.74, 6) is -2.66. The predicted octanol–water partition coefficient (Wildman–Crippen LogP) is 7.65. The van der Waals surface area contributed by atoms with E-state index in [-0.39, 0.29) is 82.8 Å². The summed E-state index contributed by atoms with van der Waals surface area (Å²) in [4.78, 5) is 71.0. The minimum Gasteiger partial charge on any atom is -0.480 e. The number of anilines is 2. The molecule has 4 aromatic carbocycles. The summed E-state index contributed by atoms with van der Waals surface area (Å²) < 4.78 is 73.1. The van der Waals surface area contributed by atoms with Gasteiger partial charge in [-0.05, 0) is 77.9 Å². The normalized spacial score (nSPS) is 12.5. The Kier molecular flexibility index (Phi) is 16.2. The van der Waals surface area contributed by atoms with E-state index in [1.54, 1.807) is 43.3 Å². The Morgan fingerprint density at radius 2 is 1.22 bits per heavy atom. The van der Waals surface area contributed by atoms with Crippen LogP contribution in [0.5, 0.6) is 11.8 Å². The first-order valence-corrected chi connectivity index (χ1v) is 27.1. The molecule has 20 nitrogen and oxygen atoms in total. The number of aromatic nitrogens is 6. The quantitative estimate of drug-likeness (QED) is 0.0698. The average Bonchev–Trinajstić information content (AvgIpc) is 3.41. The molecule has 8 aromatic rings. The Morgan fingerprint density at radius 1 is 0.658 bits per heavy atom. The summed E-state index contributed by atoms with van der Waals surface area (Å²) in [5.41, 5.74) is 1.20. The van der Waals surface area contributed by atoms with Crippen molar-refractivity contribution in [1.82, 2.24) is 39.7 Å². The fourth-order valence-corrected chi connectivity index (χ4v) is 12.0. The highest BCUT2D eigenvalue weighted by molar-refractivity contribution is 7.93. The van der Waals surface area contributed by atoms with Crippen LogP contribution in [0.2, 0.25) is 20.1 Å². The van der Waals surface area contributed by atoms with Crippen molar-refractivity contribution in [3.05, 3.63) is 151 Å². The van der Waals surface area contributed by atoms with E-state index in [9.17, 15) is 36.0 Å². The van der Waals surface area contributed by atoms with Crippen molar-refractivity contribution in [3.63, 3.8) is 0 Å². The molecule has 4 aromatic heterocycles. The molecule has 26 heteroatoms. The summed E-state index contributed by atoms with van der Waals surface area (Å²) in [5, 5.41) is 5.41. The molecule has 394 valence electrons. The monoisotopic (exact) mass is 1150 g/mol. The van der Waals surface area contributed by atoms with Crippen LogP contribution in [0.1, 0.15) is 13.8 Å². The van der Waals surface area contributed by atoms with E-state index in [1.807, 2.05) is 0 Å². The molecule has 0 fully saturated rings. The Labute approximate surface area is 454 Å². The predicted molar refractivity (Wildman–Crippen MR) is 290 cm³/mol. The maximum atomic E-state index is 14.7. The fraction of sp³-hybridized carbons (Fsp3) is 0.200. The second-order valence-corrected chi connectivity index (χ2v) is 22.2. The molecule has 2 amide bonds. The highest BCUT2D eigenvalue weighted by Gasteiger charge is 2.32. The number of methoxy groups -OCH3 is 2. The summed E-state index contributed by atoms with van der Waals surface area (Å²) >= 11 is 25.0. The van der Waals surface area contributed by atoms with Crippen molar-refractivity contribution in [2.45, 2.75) is 36.7 Å². The number of nitrogens with zero attached hydrogens (tertiary/aromatic N) is 7. The molecule has 0 saturated carbocycles. The molecule has 2 atom stereocenters. The SMILES string of the molecule is CNC(=O)[C@@H](C)Cn1cnc2ccc(-c3cnc(OC)c(N(CNC(=O)[C@@H](C)Cn4cnc5ccc(-c6cnc(OC)c(NS(=O)(=O)c7cccc(Cl)c7Cl)c6)cc5c4=O)S(=O)(=O)c4ccc(Cl)cc4Cl)c3)cc2c1=O. The van der Waals surface area contributed by atoms with Crippen LogP contribution in [0, 0.1) is 11.8 Å². The van der Waals surface area contributed by atoms with Gasteiger partial charge in [0.15, 0.2) is 0 Å². The van der Waals surface area contributed by atoms with Gasteiger partial charge in [0.2, 0.25) is 23.6 Å². The van der Waals surface area contributed by atoms with Crippen LogP contribution >= 0.6 is 46.4 Å². The van der Waals surface area contributed by atoms with Crippen molar-refractivity contribution in [2.24, 2.45) is 11.8 Å². The van der Waals surface area contributed by atoms with Gasteiger partial charge in [0.05, 0.1) is 75.6 Å². The maximum Gasteiger partial charge on any atom is 0.267 e. The molecule has 0 aliphatic carbocycles. The summed E-state index contributed by atoms with van der Waals surface area (Å²) in [6.45, 7) is 2.36. The number of carbonyl (C=O) groups excluding carboxylic acids is 2. The van der Waals surface area contributed by atoms with Crippen LogP contribution in [-0.4, -0.2) is 85.7 Å². The molecule has 4 heterocycles. The number of hydrogen-bond donors (Lipinski definition) is 3. The Morgan fingerprint density at radius 3 is 1.79 bits per heavy atom. The van der Waals surface area contributed by atoms with Crippen LogP contribution in [0.4, 0.5) is 11.4 Å². The van der Waals surface area contributed by atoms with Crippen LogP contribution in [0.3, 0.4) is 0 Å². The van der Waals surface area contributed by atoms with Crippen molar-refractivity contribution >= 4 is 111 Å². The number of sulfonamides is 2. The van der Waals surface area contributed by atoms with E-state index in [0.717, 1.165) is 4.31 Å². The van der Waals surface area contributed by atoms with E-state index < -0.39 is 55.6 Å². The Balaban J connectivity index is 1.08. The lowest BCUT2D eigenvalue weighted by molar-refractivity contribution is -0.125. The van der Waals surface area contributed by atoms with Gasteiger partial charge in [-0.15, -0.1) is 0 Å². The van der Waals surface area contributed by atoms with Gasteiger partial charge in [0.25, 0.3) is 31.2 Å². The molecular formula is C50H44Cl4N10O10S2. The molecule has 0 spiro atoms.